The van der Waals surface area contributed by atoms with Gasteiger partial charge in [-0.05, 0) is 6.42 Å². The molecule has 0 atom stereocenters. The maximum absolute atomic E-state index is 11.8. The SMILES string of the molecule is CCCC=NNC(=O)c1cc([N+](=O)[O-])c(OC)c([N+](=O)[O-])c1. The monoisotopic (exact) mass is 310 g/mol. The average Bonchev–Trinajstić information content (AvgIpc) is 2.49. The maximum atomic E-state index is 11.8. The van der Waals surface area contributed by atoms with Gasteiger partial charge in [0.25, 0.3) is 11.7 Å². The van der Waals surface area contributed by atoms with Crippen LogP contribution in [0.4, 0.5) is 11.4 Å². The zero-order valence-electron chi connectivity index (χ0n) is 11.9. The molecule has 1 amide bonds. The van der Waals surface area contributed by atoms with E-state index in [9.17, 15) is 25.0 Å². The molecule has 0 spiro atoms. The van der Waals surface area contributed by atoms with Gasteiger partial charge in [-0.25, -0.2) is 5.43 Å². The summed E-state index contributed by atoms with van der Waals surface area (Å²) in [5.74, 6) is -1.30. The van der Waals surface area contributed by atoms with Crippen molar-refractivity contribution < 1.29 is 19.4 Å². The minimum Gasteiger partial charge on any atom is -0.485 e. The Balaban J connectivity index is 3.23. The Labute approximate surface area is 125 Å². The van der Waals surface area contributed by atoms with Crippen LogP contribution in [0.5, 0.6) is 5.75 Å². The van der Waals surface area contributed by atoms with Gasteiger partial charge >= 0.3 is 11.4 Å². The van der Waals surface area contributed by atoms with Crippen molar-refractivity contribution in [2.75, 3.05) is 7.11 Å². The second kappa shape index (κ2) is 7.67. The molecule has 1 N–H and O–H groups in total. The van der Waals surface area contributed by atoms with Crippen LogP contribution in [0, 0.1) is 20.2 Å². The van der Waals surface area contributed by atoms with Gasteiger partial charge in [0.1, 0.15) is 0 Å². The van der Waals surface area contributed by atoms with E-state index < -0.39 is 32.9 Å². The fourth-order valence-corrected chi connectivity index (χ4v) is 1.57. The van der Waals surface area contributed by atoms with Crippen LogP contribution in [0.1, 0.15) is 30.1 Å². The number of hydrazone groups is 1. The number of carbonyl (C=O) groups is 1. The lowest BCUT2D eigenvalue weighted by Crippen LogP contribution is -2.18. The van der Waals surface area contributed by atoms with Gasteiger partial charge in [-0.3, -0.25) is 25.0 Å². The molecule has 0 aliphatic carbocycles. The predicted octanol–water partition coefficient (Wildman–Crippen LogP) is 2.03. The first-order valence-corrected chi connectivity index (χ1v) is 6.25. The molecule has 0 fully saturated rings. The fourth-order valence-electron chi connectivity index (χ4n) is 1.57. The molecule has 0 aliphatic rings. The summed E-state index contributed by atoms with van der Waals surface area (Å²) >= 11 is 0. The van der Waals surface area contributed by atoms with Crippen molar-refractivity contribution in [1.82, 2.24) is 5.43 Å². The van der Waals surface area contributed by atoms with Gasteiger partial charge < -0.3 is 4.74 Å². The third-order valence-corrected chi connectivity index (χ3v) is 2.58. The second-order valence-corrected chi connectivity index (χ2v) is 4.10. The molecule has 0 radical (unpaired) electrons. The molecule has 0 saturated heterocycles. The van der Waals surface area contributed by atoms with Gasteiger partial charge in [-0.2, -0.15) is 5.10 Å². The van der Waals surface area contributed by atoms with E-state index in [-0.39, 0.29) is 5.56 Å². The molecule has 10 heteroatoms. The van der Waals surface area contributed by atoms with Crippen molar-refractivity contribution in [2.45, 2.75) is 19.8 Å². The summed E-state index contributed by atoms with van der Waals surface area (Å²) in [5.41, 5.74) is 0.557. The number of nitrogens with one attached hydrogen (secondary N) is 1. The van der Waals surface area contributed by atoms with E-state index in [1.807, 2.05) is 6.92 Å². The summed E-state index contributed by atoms with van der Waals surface area (Å²) in [6, 6.07) is 1.80. The number of benzene rings is 1. The molecule has 118 valence electrons. The number of amides is 1. The first-order chi connectivity index (χ1) is 10.4. The number of ether oxygens (including phenoxy) is 1. The zero-order chi connectivity index (χ0) is 16.7. The van der Waals surface area contributed by atoms with Crippen LogP contribution in [0.25, 0.3) is 0 Å². The summed E-state index contributed by atoms with van der Waals surface area (Å²) in [7, 11) is 1.07. The van der Waals surface area contributed by atoms with Gasteiger partial charge in [-0.1, -0.05) is 13.3 Å². The number of hydrogen-bond acceptors (Lipinski definition) is 7. The van der Waals surface area contributed by atoms with Crippen molar-refractivity contribution in [3.05, 3.63) is 37.9 Å². The van der Waals surface area contributed by atoms with Crippen molar-refractivity contribution in [3.63, 3.8) is 0 Å². The number of unbranched alkanes of at least 4 members (excludes halogenated alkanes) is 1. The Hall–Kier alpha value is -3.04. The van der Waals surface area contributed by atoms with Crippen LogP contribution >= 0.6 is 0 Å². The minimum absolute atomic E-state index is 0.257. The van der Waals surface area contributed by atoms with E-state index in [4.69, 9.17) is 4.74 Å². The molecule has 0 heterocycles. The smallest absolute Gasteiger partial charge is 0.319 e. The largest absolute Gasteiger partial charge is 0.485 e. The summed E-state index contributed by atoms with van der Waals surface area (Å²) in [6.45, 7) is 1.92. The van der Waals surface area contributed by atoms with Gasteiger partial charge in [0, 0.05) is 18.3 Å². The summed E-state index contributed by atoms with van der Waals surface area (Å²) in [4.78, 5) is 32.1. The van der Waals surface area contributed by atoms with E-state index in [1.165, 1.54) is 6.21 Å². The lowest BCUT2D eigenvalue weighted by molar-refractivity contribution is -0.395. The second-order valence-electron chi connectivity index (χ2n) is 4.10. The number of methoxy groups -OCH3 is 1. The van der Waals surface area contributed by atoms with Crippen molar-refractivity contribution >= 4 is 23.5 Å². The summed E-state index contributed by atoms with van der Waals surface area (Å²) < 4.78 is 4.70. The summed E-state index contributed by atoms with van der Waals surface area (Å²) in [5, 5.41) is 25.6. The van der Waals surface area contributed by atoms with E-state index in [1.54, 1.807) is 0 Å². The molecule has 1 rings (SSSR count). The molecule has 0 saturated carbocycles. The van der Waals surface area contributed by atoms with Gasteiger partial charge in [0.15, 0.2) is 0 Å². The third-order valence-electron chi connectivity index (χ3n) is 2.58. The molecule has 22 heavy (non-hydrogen) atoms. The Kier molecular flexibility index (Phi) is 5.93. The van der Waals surface area contributed by atoms with Crippen molar-refractivity contribution in [3.8, 4) is 5.75 Å². The highest BCUT2D eigenvalue weighted by Gasteiger charge is 2.29. The van der Waals surface area contributed by atoms with E-state index in [0.717, 1.165) is 25.7 Å². The molecule has 0 unspecified atom stereocenters. The van der Waals surface area contributed by atoms with Crippen LogP contribution in [0.3, 0.4) is 0 Å². The van der Waals surface area contributed by atoms with E-state index in [0.29, 0.717) is 6.42 Å². The topological polar surface area (TPSA) is 137 Å². The van der Waals surface area contributed by atoms with Crippen LogP contribution in [0.2, 0.25) is 0 Å². The highest BCUT2D eigenvalue weighted by Crippen LogP contribution is 2.37. The van der Waals surface area contributed by atoms with Crippen LogP contribution in [-0.4, -0.2) is 29.1 Å². The van der Waals surface area contributed by atoms with E-state index >= 15 is 0 Å². The number of nitro benzene ring substituents is 2. The molecule has 0 aliphatic heterocycles. The quantitative estimate of drug-likeness (QED) is 0.464. The molecular formula is C12H14N4O6. The fraction of sp³-hybridized carbons (Fsp3) is 0.333. The third kappa shape index (κ3) is 3.98. The predicted molar refractivity (Wildman–Crippen MR) is 77.2 cm³/mol. The standard InChI is InChI=1S/C12H14N4O6/c1-3-4-5-13-14-12(17)8-6-9(15(18)19)11(22-2)10(7-8)16(20)21/h5-7H,3-4H2,1-2H3,(H,14,17). The van der Waals surface area contributed by atoms with Gasteiger partial charge in [0.05, 0.1) is 22.5 Å². The molecule has 1 aromatic rings. The highest BCUT2D eigenvalue weighted by molar-refractivity contribution is 5.96. The molecular weight excluding hydrogens is 296 g/mol. The zero-order valence-corrected chi connectivity index (χ0v) is 11.9. The number of hydrogen-bond donors (Lipinski definition) is 1. The Bertz CT molecular complexity index is 593. The van der Waals surface area contributed by atoms with Crippen LogP contribution in [0.15, 0.2) is 17.2 Å². The van der Waals surface area contributed by atoms with E-state index in [2.05, 4.69) is 10.5 Å². The Morgan fingerprint density at radius 3 is 2.27 bits per heavy atom. The molecule has 10 nitrogen and oxygen atoms in total. The summed E-state index contributed by atoms with van der Waals surface area (Å²) in [6.07, 6.45) is 2.94. The lowest BCUT2D eigenvalue weighted by Gasteiger charge is -2.05. The minimum atomic E-state index is -0.858. The van der Waals surface area contributed by atoms with Crippen molar-refractivity contribution in [2.24, 2.45) is 5.10 Å². The Morgan fingerprint density at radius 1 is 1.32 bits per heavy atom. The maximum Gasteiger partial charge on any atom is 0.319 e. The molecule has 0 aromatic heterocycles. The number of rotatable bonds is 7. The number of nitro groups is 2. The first-order valence-electron chi connectivity index (χ1n) is 6.25. The van der Waals surface area contributed by atoms with Gasteiger partial charge in [0.2, 0.25) is 0 Å². The normalized spacial score (nSPS) is 10.5. The van der Waals surface area contributed by atoms with Crippen LogP contribution in [-0.2, 0) is 0 Å². The lowest BCUT2D eigenvalue weighted by atomic mass is 10.1. The number of carbonyl (C=O) groups excluding carboxylic acids is 1. The van der Waals surface area contributed by atoms with Gasteiger partial charge in [-0.15, -0.1) is 0 Å². The molecule has 0 bridgehead atoms. The average molecular weight is 310 g/mol. The van der Waals surface area contributed by atoms with Crippen molar-refractivity contribution in [1.29, 1.82) is 0 Å². The molecule has 1 aromatic carbocycles. The Morgan fingerprint density at radius 2 is 1.86 bits per heavy atom. The highest BCUT2D eigenvalue weighted by atomic mass is 16.6. The first kappa shape index (κ1) is 17.0. The van der Waals surface area contributed by atoms with Crippen LogP contribution < -0.4 is 10.2 Å². The number of nitrogens with zero attached hydrogens (tertiary/aromatic N) is 3.